The highest BCUT2D eigenvalue weighted by Crippen LogP contribution is 2.22. The number of nitrogens with zero attached hydrogens (tertiary/aromatic N) is 4. The van der Waals surface area contributed by atoms with Crippen molar-refractivity contribution in [3.05, 3.63) is 58.7 Å². The standard InChI is InChI=1S/C15H12N4O3/c20-14(18-8-11(9-18)19-16-5-6-17-19)12-7-10-3-1-2-4-13(10)22-15(12)21/h1-7,11H,8-9H2. The van der Waals surface area contributed by atoms with Gasteiger partial charge in [0.15, 0.2) is 0 Å². The molecule has 0 atom stereocenters. The summed E-state index contributed by atoms with van der Waals surface area (Å²) in [5.41, 5.74) is -0.0683. The summed E-state index contributed by atoms with van der Waals surface area (Å²) in [6, 6.07) is 8.77. The Balaban J connectivity index is 1.59. The third-order valence-electron chi connectivity index (χ3n) is 3.78. The summed E-state index contributed by atoms with van der Waals surface area (Å²) in [6.45, 7) is 0.972. The van der Waals surface area contributed by atoms with Gasteiger partial charge in [-0.2, -0.15) is 15.0 Å². The second-order valence-electron chi connectivity index (χ2n) is 5.20. The van der Waals surface area contributed by atoms with E-state index in [1.165, 1.54) is 0 Å². The average Bonchev–Trinajstić information content (AvgIpc) is 2.98. The van der Waals surface area contributed by atoms with E-state index in [0.717, 1.165) is 5.39 Å². The van der Waals surface area contributed by atoms with Crippen molar-refractivity contribution in [2.24, 2.45) is 0 Å². The average molecular weight is 296 g/mol. The van der Waals surface area contributed by atoms with Gasteiger partial charge in [-0.1, -0.05) is 18.2 Å². The van der Waals surface area contributed by atoms with Crippen LogP contribution in [-0.4, -0.2) is 38.9 Å². The molecule has 1 fully saturated rings. The van der Waals surface area contributed by atoms with Crippen LogP contribution in [-0.2, 0) is 0 Å². The summed E-state index contributed by atoms with van der Waals surface area (Å²) >= 11 is 0. The van der Waals surface area contributed by atoms with Crippen LogP contribution in [0.5, 0.6) is 0 Å². The molecule has 0 unspecified atom stereocenters. The molecule has 0 radical (unpaired) electrons. The van der Waals surface area contributed by atoms with Crippen molar-refractivity contribution < 1.29 is 9.21 Å². The summed E-state index contributed by atoms with van der Waals surface area (Å²) < 4.78 is 5.20. The van der Waals surface area contributed by atoms with Crippen molar-refractivity contribution in [2.75, 3.05) is 13.1 Å². The number of benzene rings is 1. The largest absolute Gasteiger partial charge is 0.422 e. The molecule has 1 aliphatic rings. The van der Waals surface area contributed by atoms with Crippen LogP contribution in [0.3, 0.4) is 0 Å². The van der Waals surface area contributed by atoms with E-state index < -0.39 is 5.63 Å². The van der Waals surface area contributed by atoms with E-state index in [1.807, 2.05) is 12.1 Å². The fourth-order valence-corrected chi connectivity index (χ4v) is 2.56. The van der Waals surface area contributed by atoms with Gasteiger partial charge in [0.05, 0.1) is 12.4 Å². The Hall–Kier alpha value is -2.96. The molecule has 0 spiro atoms. The fourth-order valence-electron chi connectivity index (χ4n) is 2.56. The van der Waals surface area contributed by atoms with Crippen molar-refractivity contribution in [3.63, 3.8) is 0 Å². The molecule has 3 heterocycles. The second-order valence-corrected chi connectivity index (χ2v) is 5.20. The molecule has 0 N–H and O–H groups in total. The van der Waals surface area contributed by atoms with Crippen molar-refractivity contribution in [1.82, 2.24) is 19.9 Å². The number of hydrogen-bond donors (Lipinski definition) is 0. The Morgan fingerprint density at radius 1 is 1.18 bits per heavy atom. The summed E-state index contributed by atoms with van der Waals surface area (Å²) in [7, 11) is 0. The van der Waals surface area contributed by atoms with Crippen LogP contribution in [0.15, 0.2) is 51.9 Å². The zero-order valence-electron chi connectivity index (χ0n) is 11.5. The number of amides is 1. The van der Waals surface area contributed by atoms with Gasteiger partial charge < -0.3 is 9.32 Å². The highest BCUT2D eigenvalue weighted by molar-refractivity contribution is 5.97. The Bertz CT molecular complexity index is 895. The van der Waals surface area contributed by atoms with Gasteiger partial charge in [-0.05, 0) is 12.1 Å². The minimum atomic E-state index is -0.607. The lowest BCUT2D eigenvalue weighted by molar-refractivity contribution is 0.0472. The molecule has 3 aromatic rings. The maximum absolute atomic E-state index is 12.4. The first-order valence-corrected chi connectivity index (χ1v) is 6.90. The molecule has 2 aromatic heterocycles. The van der Waals surface area contributed by atoms with E-state index in [-0.39, 0.29) is 17.5 Å². The molecule has 7 heteroatoms. The maximum Gasteiger partial charge on any atom is 0.349 e. The first kappa shape index (κ1) is 12.8. The van der Waals surface area contributed by atoms with E-state index >= 15 is 0 Å². The van der Waals surface area contributed by atoms with Crippen LogP contribution in [0.1, 0.15) is 16.4 Å². The number of hydrogen-bond acceptors (Lipinski definition) is 5. The molecule has 0 saturated carbocycles. The lowest BCUT2D eigenvalue weighted by Crippen LogP contribution is -2.52. The number of likely N-dealkylation sites (tertiary alicyclic amines) is 1. The van der Waals surface area contributed by atoms with Crippen molar-refractivity contribution in [1.29, 1.82) is 0 Å². The number of aromatic nitrogens is 3. The monoisotopic (exact) mass is 296 g/mol. The van der Waals surface area contributed by atoms with Crippen LogP contribution < -0.4 is 5.63 Å². The molecule has 0 bridgehead atoms. The van der Waals surface area contributed by atoms with Crippen molar-refractivity contribution >= 4 is 16.9 Å². The van der Waals surface area contributed by atoms with Gasteiger partial charge in [0, 0.05) is 18.5 Å². The smallest absolute Gasteiger partial charge is 0.349 e. The predicted molar refractivity (Wildman–Crippen MR) is 77.4 cm³/mol. The molecular formula is C15H12N4O3. The third kappa shape index (κ3) is 1.98. The SMILES string of the molecule is O=C(c1cc2ccccc2oc1=O)N1CC(n2nccn2)C1. The van der Waals surface area contributed by atoms with Crippen molar-refractivity contribution in [3.8, 4) is 0 Å². The summed E-state index contributed by atoms with van der Waals surface area (Å²) in [5.74, 6) is -0.317. The first-order valence-electron chi connectivity index (χ1n) is 6.90. The highest BCUT2D eigenvalue weighted by Gasteiger charge is 2.34. The molecule has 1 amide bonds. The van der Waals surface area contributed by atoms with Gasteiger partial charge >= 0.3 is 5.63 Å². The number of carbonyl (C=O) groups excluding carboxylic acids is 1. The lowest BCUT2D eigenvalue weighted by Gasteiger charge is -2.38. The van der Waals surface area contributed by atoms with Gasteiger partial charge in [-0.25, -0.2) is 4.79 Å². The summed E-state index contributed by atoms with van der Waals surface area (Å²) in [6.07, 6.45) is 3.20. The van der Waals surface area contributed by atoms with Gasteiger partial charge in [-0.15, -0.1) is 0 Å². The lowest BCUT2D eigenvalue weighted by atomic mass is 10.1. The molecule has 0 aliphatic carbocycles. The summed E-state index contributed by atoms with van der Waals surface area (Å²) in [5, 5.41) is 8.83. The van der Waals surface area contributed by atoms with Gasteiger partial charge in [0.1, 0.15) is 17.2 Å². The Kier molecular flexibility index (Phi) is 2.78. The molecule has 110 valence electrons. The van der Waals surface area contributed by atoms with Gasteiger partial charge in [-0.3, -0.25) is 4.79 Å². The Labute approximate surface area is 124 Å². The van der Waals surface area contributed by atoms with E-state index in [9.17, 15) is 9.59 Å². The Morgan fingerprint density at radius 2 is 1.91 bits per heavy atom. The number of para-hydroxylation sites is 1. The van der Waals surface area contributed by atoms with Crippen LogP contribution >= 0.6 is 0 Å². The normalized spacial score (nSPS) is 15.0. The predicted octanol–water partition coefficient (Wildman–Crippen LogP) is 1.08. The molecule has 1 saturated heterocycles. The molecule has 22 heavy (non-hydrogen) atoms. The van der Waals surface area contributed by atoms with Crippen LogP contribution in [0.4, 0.5) is 0 Å². The van der Waals surface area contributed by atoms with E-state index in [1.54, 1.807) is 40.3 Å². The quantitative estimate of drug-likeness (QED) is 0.661. The zero-order valence-corrected chi connectivity index (χ0v) is 11.5. The topological polar surface area (TPSA) is 81.2 Å². The second kappa shape index (κ2) is 4.80. The van der Waals surface area contributed by atoms with Crippen molar-refractivity contribution in [2.45, 2.75) is 6.04 Å². The number of carbonyl (C=O) groups is 1. The molecular weight excluding hydrogens is 284 g/mol. The molecule has 1 aromatic carbocycles. The molecule has 7 nitrogen and oxygen atoms in total. The zero-order chi connectivity index (χ0) is 15.1. The first-order chi connectivity index (χ1) is 10.7. The highest BCUT2D eigenvalue weighted by atomic mass is 16.4. The number of rotatable bonds is 2. The number of fused-ring (bicyclic) bond motifs is 1. The Morgan fingerprint density at radius 3 is 2.68 bits per heavy atom. The van der Waals surface area contributed by atoms with Gasteiger partial charge in [0.25, 0.3) is 5.91 Å². The minimum absolute atomic E-state index is 0.0607. The third-order valence-corrected chi connectivity index (χ3v) is 3.78. The van der Waals surface area contributed by atoms with Crippen LogP contribution in [0.2, 0.25) is 0 Å². The van der Waals surface area contributed by atoms with E-state index in [4.69, 9.17) is 4.42 Å². The van der Waals surface area contributed by atoms with E-state index in [2.05, 4.69) is 10.2 Å². The fraction of sp³-hybridized carbons (Fsp3) is 0.200. The molecule has 1 aliphatic heterocycles. The summed E-state index contributed by atoms with van der Waals surface area (Å²) in [4.78, 5) is 27.6. The molecule has 4 rings (SSSR count). The maximum atomic E-state index is 12.4. The van der Waals surface area contributed by atoms with Gasteiger partial charge in [0.2, 0.25) is 0 Å². The van der Waals surface area contributed by atoms with Crippen LogP contribution in [0.25, 0.3) is 11.0 Å². The van der Waals surface area contributed by atoms with Crippen LogP contribution in [0, 0.1) is 0 Å². The minimum Gasteiger partial charge on any atom is -0.422 e. The van der Waals surface area contributed by atoms with E-state index in [0.29, 0.717) is 18.7 Å².